The van der Waals surface area contributed by atoms with Gasteiger partial charge in [0.1, 0.15) is 0 Å². The van der Waals surface area contributed by atoms with Crippen molar-refractivity contribution in [2.45, 2.75) is 45.1 Å². The molecule has 1 saturated heterocycles. The van der Waals surface area contributed by atoms with E-state index in [0.717, 1.165) is 35.7 Å². The second-order valence-electron chi connectivity index (χ2n) is 6.89. The number of imide groups is 1. The molecule has 3 rings (SSSR count). The standard InChI is InChI=1S/C19H23BrN2O3/c1-12(13-6-4-5-9-16(13)20)21-17(23)10-11-22-18(24)14-7-2-3-8-15(14)19(22)25/h4-6,9,12,14-15H,2-3,7-8,10-11H2,1H3,(H,21,23). The summed E-state index contributed by atoms with van der Waals surface area (Å²) in [5.74, 6) is -0.617. The molecule has 3 amide bonds. The van der Waals surface area contributed by atoms with E-state index >= 15 is 0 Å². The molecule has 25 heavy (non-hydrogen) atoms. The van der Waals surface area contributed by atoms with Crippen molar-refractivity contribution in [2.24, 2.45) is 11.8 Å². The molecule has 0 aromatic heterocycles. The summed E-state index contributed by atoms with van der Waals surface area (Å²) < 4.78 is 0.941. The third-order valence-corrected chi connectivity index (χ3v) is 5.97. The van der Waals surface area contributed by atoms with Gasteiger partial charge in [0.15, 0.2) is 0 Å². The van der Waals surface area contributed by atoms with E-state index in [1.807, 2.05) is 31.2 Å². The highest BCUT2D eigenvalue weighted by molar-refractivity contribution is 9.10. The van der Waals surface area contributed by atoms with Gasteiger partial charge in [0.05, 0.1) is 17.9 Å². The van der Waals surface area contributed by atoms with Crippen molar-refractivity contribution in [3.05, 3.63) is 34.3 Å². The summed E-state index contributed by atoms with van der Waals surface area (Å²) in [6.07, 6.45) is 3.77. The average Bonchev–Trinajstić information content (AvgIpc) is 2.85. The minimum atomic E-state index is -0.154. The van der Waals surface area contributed by atoms with Crippen LogP contribution in [0.15, 0.2) is 28.7 Å². The highest BCUT2D eigenvalue weighted by atomic mass is 79.9. The fourth-order valence-corrected chi connectivity index (χ4v) is 4.51. The number of halogens is 1. The molecule has 1 heterocycles. The number of hydrogen-bond acceptors (Lipinski definition) is 3. The summed E-state index contributed by atoms with van der Waals surface area (Å²) in [6.45, 7) is 2.10. The number of carbonyl (C=O) groups excluding carboxylic acids is 3. The van der Waals surface area contributed by atoms with Crippen molar-refractivity contribution in [2.75, 3.05) is 6.54 Å². The molecule has 1 aromatic rings. The number of fused-ring (bicyclic) bond motifs is 1. The molecule has 1 N–H and O–H groups in total. The van der Waals surface area contributed by atoms with Gasteiger partial charge in [0.25, 0.3) is 0 Å². The maximum absolute atomic E-state index is 12.4. The summed E-state index contributed by atoms with van der Waals surface area (Å²) in [5.41, 5.74) is 0.996. The van der Waals surface area contributed by atoms with Crippen LogP contribution in [-0.4, -0.2) is 29.2 Å². The second kappa shape index (κ2) is 7.68. The fourth-order valence-electron chi connectivity index (χ4n) is 3.88. The molecule has 1 aromatic carbocycles. The number of amides is 3. The summed E-state index contributed by atoms with van der Waals surface area (Å²) in [4.78, 5) is 38.4. The van der Waals surface area contributed by atoms with Gasteiger partial charge in [-0.3, -0.25) is 19.3 Å². The SMILES string of the molecule is CC(NC(=O)CCN1C(=O)C2CCCCC2C1=O)c1ccccc1Br. The van der Waals surface area contributed by atoms with E-state index in [2.05, 4.69) is 21.2 Å². The van der Waals surface area contributed by atoms with Crippen LogP contribution in [0.4, 0.5) is 0 Å². The van der Waals surface area contributed by atoms with Crippen LogP contribution in [0.2, 0.25) is 0 Å². The first-order valence-electron chi connectivity index (χ1n) is 8.88. The lowest BCUT2D eigenvalue weighted by Gasteiger charge is -2.19. The van der Waals surface area contributed by atoms with Gasteiger partial charge in [-0.2, -0.15) is 0 Å². The predicted molar refractivity (Wildman–Crippen MR) is 97.5 cm³/mol. The maximum atomic E-state index is 12.4. The predicted octanol–water partition coefficient (Wildman–Crippen LogP) is 3.19. The average molecular weight is 407 g/mol. The van der Waals surface area contributed by atoms with E-state index in [-0.39, 0.29) is 48.6 Å². The Morgan fingerprint density at radius 2 is 1.80 bits per heavy atom. The molecule has 0 radical (unpaired) electrons. The number of likely N-dealkylation sites (tertiary alicyclic amines) is 1. The molecule has 2 aliphatic rings. The lowest BCUT2D eigenvalue weighted by Crippen LogP contribution is -2.36. The third-order valence-electron chi connectivity index (χ3n) is 5.24. The van der Waals surface area contributed by atoms with Crippen LogP contribution >= 0.6 is 15.9 Å². The first-order chi connectivity index (χ1) is 12.0. The van der Waals surface area contributed by atoms with Crippen LogP contribution in [0.5, 0.6) is 0 Å². The summed E-state index contributed by atoms with van der Waals surface area (Å²) in [7, 11) is 0. The van der Waals surface area contributed by atoms with E-state index in [1.54, 1.807) is 0 Å². The molecule has 1 saturated carbocycles. The number of carbonyl (C=O) groups is 3. The molecule has 0 bridgehead atoms. The van der Waals surface area contributed by atoms with Crippen LogP contribution in [0.3, 0.4) is 0 Å². The van der Waals surface area contributed by atoms with Gasteiger partial charge >= 0.3 is 0 Å². The lowest BCUT2D eigenvalue weighted by atomic mass is 9.81. The minimum absolute atomic E-state index is 0.0821. The number of benzene rings is 1. The zero-order chi connectivity index (χ0) is 18.0. The van der Waals surface area contributed by atoms with Gasteiger partial charge in [-0.05, 0) is 31.4 Å². The molecule has 3 unspecified atom stereocenters. The number of nitrogens with one attached hydrogen (secondary N) is 1. The summed E-state index contributed by atoms with van der Waals surface area (Å²) >= 11 is 3.48. The van der Waals surface area contributed by atoms with Crippen LogP contribution in [0.1, 0.15) is 50.6 Å². The van der Waals surface area contributed by atoms with Gasteiger partial charge in [-0.1, -0.05) is 47.0 Å². The van der Waals surface area contributed by atoms with Crippen molar-refractivity contribution >= 4 is 33.7 Å². The fraction of sp³-hybridized carbons (Fsp3) is 0.526. The van der Waals surface area contributed by atoms with Gasteiger partial charge in [-0.15, -0.1) is 0 Å². The normalized spacial score (nSPS) is 24.2. The van der Waals surface area contributed by atoms with Gasteiger partial charge in [-0.25, -0.2) is 0 Å². The van der Waals surface area contributed by atoms with Crippen LogP contribution < -0.4 is 5.32 Å². The highest BCUT2D eigenvalue weighted by Gasteiger charge is 2.47. The first-order valence-corrected chi connectivity index (χ1v) is 9.67. The quantitative estimate of drug-likeness (QED) is 0.763. The Morgan fingerprint density at radius 1 is 1.20 bits per heavy atom. The van der Waals surface area contributed by atoms with Gasteiger partial charge in [0.2, 0.25) is 17.7 Å². The molecular formula is C19H23BrN2O3. The molecule has 6 heteroatoms. The molecule has 1 aliphatic heterocycles. The highest BCUT2D eigenvalue weighted by Crippen LogP contribution is 2.38. The van der Waals surface area contributed by atoms with E-state index in [4.69, 9.17) is 0 Å². The van der Waals surface area contributed by atoms with Crippen molar-refractivity contribution < 1.29 is 14.4 Å². The summed E-state index contributed by atoms with van der Waals surface area (Å²) in [6, 6.07) is 7.59. The second-order valence-corrected chi connectivity index (χ2v) is 7.74. The number of hydrogen-bond donors (Lipinski definition) is 1. The lowest BCUT2D eigenvalue weighted by molar-refractivity contribution is -0.140. The van der Waals surface area contributed by atoms with E-state index < -0.39 is 0 Å². The van der Waals surface area contributed by atoms with Crippen molar-refractivity contribution in [3.63, 3.8) is 0 Å². The third kappa shape index (κ3) is 3.78. The Morgan fingerprint density at radius 3 is 2.40 bits per heavy atom. The van der Waals surface area contributed by atoms with Gasteiger partial charge < -0.3 is 5.32 Å². The van der Waals surface area contributed by atoms with Crippen molar-refractivity contribution in [1.82, 2.24) is 10.2 Å². The number of nitrogens with zero attached hydrogens (tertiary/aromatic N) is 1. The van der Waals surface area contributed by atoms with Gasteiger partial charge in [0, 0.05) is 17.4 Å². The number of rotatable bonds is 5. The molecule has 2 fully saturated rings. The van der Waals surface area contributed by atoms with Crippen molar-refractivity contribution in [1.29, 1.82) is 0 Å². The smallest absolute Gasteiger partial charge is 0.233 e. The van der Waals surface area contributed by atoms with E-state index in [1.165, 1.54) is 4.90 Å². The molecule has 134 valence electrons. The molecule has 1 aliphatic carbocycles. The topological polar surface area (TPSA) is 66.5 Å². The van der Waals surface area contributed by atoms with E-state index in [9.17, 15) is 14.4 Å². The van der Waals surface area contributed by atoms with Crippen LogP contribution in [-0.2, 0) is 14.4 Å². The Labute approximate surface area is 156 Å². The molecular weight excluding hydrogens is 384 g/mol. The van der Waals surface area contributed by atoms with Crippen LogP contribution in [0.25, 0.3) is 0 Å². The van der Waals surface area contributed by atoms with E-state index in [0.29, 0.717) is 0 Å². The zero-order valence-electron chi connectivity index (χ0n) is 14.3. The Hall–Kier alpha value is -1.69. The Balaban J connectivity index is 1.55. The minimum Gasteiger partial charge on any atom is -0.349 e. The largest absolute Gasteiger partial charge is 0.349 e. The monoisotopic (exact) mass is 406 g/mol. The van der Waals surface area contributed by atoms with Crippen LogP contribution in [0, 0.1) is 11.8 Å². The summed E-state index contributed by atoms with van der Waals surface area (Å²) in [5, 5.41) is 2.94. The first kappa shape index (κ1) is 18.1. The van der Waals surface area contributed by atoms with Crippen molar-refractivity contribution in [3.8, 4) is 0 Å². The molecule has 5 nitrogen and oxygen atoms in total. The Bertz CT molecular complexity index is 667. The zero-order valence-corrected chi connectivity index (χ0v) is 15.9. The molecule has 0 spiro atoms. The maximum Gasteiger partial charge on any atom is 0.233 e. The Kier molecular flexibility index (Phi) is 5.57. The molecule has 3 atom stereocenters.